The molecule has 0 fully saturated rings. The zero-order valence-electron chi connectivity index (χ0n) is 11.3. The Morgan fingerprint density at radius 2 is 2.26 bits per heavy atom. The third kappa shape index (κ3) is 3.74. The summed E-state index contributed by atoms with van der Waals surface area (Å²) in [5, 5.41) is 11.4. The first-order chi connectivity index (χ1) is 9.20. The summed E-state index contributed by atoms with van der Waals surface area (Å²) in [6.45, 7) is 4.39. The third-order valence-electron chi connectivity index (χ3n) is 2.89. The summed E-state index contributed by atoms with van der Waals surface area (Å²) in [5.41, 5.74) is 1.17. The lowest BCUT2D eigenvalue weighted by Gasteiger charge is -2.06. The molecule has 0 aliphatic heterocycles. The van der Waals surface area contributed by atoms with Crippen molar-refractivity contribution >= 4 is 12.2 Å². The van der Waals surface area contributed by atoms with E-state index >= 15 is 0 Å². The van der Waals surface area contributed by atoms with Crippen molar-refractivity contribution in [3.63, 3.8) is 0 Å². The molecule has 2 aromatic rings. The predicted molar refractivity (Wildman–Crippen MR) is 74.6 cm³/mol. The average Bonchev–Trinajstić information content (AvgIpc) is 2.95. The highest BCUT2D eigenvalue weighted by atomic mass is 32.1. The molecule has 0 bridgehead atoms. The molecule has 0 unspecified atom stereocenters. The van der Waals surface area contributed by atoms with Crippen LogP contribution in [0.5, 0.6) is 0 Å². The number of methoxy groups -OCH3 is 1. The van der Waals surface area contributed by atoms with Crippen molar-refractivity contribution in [3.05, 3.63) is 28.6 Å². The van der Waals surface area contributed by atoms with E-state index in [0.29, 0.717) is 4.77 Å². The minimum Gasteiger partial charge on any atom is -0.385 e. The fraction of sp³-hybridized carbons (Fsp3) is 0.583. The van der Waals surface area contributed by atoms with Gasteiger partial charge in [0.25, 0.3) is 0 Å². The van der Waals surface area contributed by atoms with Crippen LogP contribution in [0.1, 0.15) is 17.8 Å². The highest BCUT2D eigenvalue weighted by Gasteiger charge is 2.06. The van der Waals surface area contributed by atoms with Gasteiger partial charge >= 0.3 is 0 Å². The van der Waals surface area contributed by atoms with Crippen LogP contribution in [0, 0.1) is 11.7 Å². The van der Waals surface area contributed by atoms with Crippen molar-refractivity contribution in [2.75, 3.05) is 13.7 Å². The average molecular weight is 281 g/mol. The molecule has 0 spiro atoms. The quantitative estimate of drug-likeness (QED) is 0.620. The minimum atomic E-state index is 0.669. The standard InChI is InChI=1S/C12H19N5OS/c1-10-8-13-16(9-10)6-4-11-14-15-12(19)17(11)5-3-7-18-2/h8-9H,3-7H2,1-2H3,(H,15,19). The van der Waals surface area contributed by atoms with Crippen LogP contribution in [0.15, 0.2) is 12.4 Å². The lowest BCUT2D eigenvalue weighted by Crippen LogP contribution is -2.10. The van der Waals surface area contributed by atoms with Crippen molar-refractivity contribution in [3.8, 4) is 0 Å². The van der Waals surface area contributed by atoms with Gasteiger partial charge in [-0.1, -0.05) is 0 Å². The molecule has 7 heteroatoms. The smallest absolute Gasteiger partial charge is 0.195 e. The first-order valence-electron chi connectivity index (χ1n) is 6.33. The summed E-state index contributed by atoms with van der Waals surface area (Å²) in [5.74, 6) is 0.967. The maximum absolute atomic E-state index is 5.24. The first-order valence-corrected chi connectivity index (χ1v) is 6.73. The van der Waals surface area contributed by atoms with Crippen molar-refractivity contribution in [2.24, 2.45) is 0 Å². The summed E-state index contributed by atoms with van der Waals surface area (Å²) >= 11 is 5.24. The summed E-state index contributed by atoms with van der Waals surface area (Å²) in [6.07, 6.45) is 5.62. The molecule has 0 radical (unpaired) electrons. The van der Waals surface area contributed by atoms with Gasteiger partial charge in [-0.05, 0) is 31.1 Å². The lowest BCUT2D eigenvalue weighted by atomic mass is 10.3. The van der Waals surface area contributed by atoms with E-state index in [9.17, 15) is 0 Å². The Kier molecular flexibility index (Phi) is 4.86. The zero-order chi connectivity index (χ0) is 13.7. The molecular formula is C12H19N5OS. The number of H-pyrrole nitrogens is 1. The molecule has 6 nitrogen and oxygen atoms in total. The molecule has 1 N–H and O–H groups in total. The van der Waals surface area contributed by atoms with E-state index in [2.05, 4.69) is 15.3 Å². The molecule has 104 valence electrons. The molecule has 0 aliphatic rings. The van der Waals surface area contributed by atoms with Crippen molar-refractivity contribution in [2.45, 2.75) is 32.9 Å². The van der Waals surface area contributed by atoms with Crippen molar-refractivity contribution in [1.29, 1.82) is 0 Å². The molecule has 0 atom stereocenters. The van der Waals surface area contributed by atoms with Gasteiger partial charge in [-0.3, -0.25) is 9.78 Å². The van der Waals surface area contributed by atoms with Crippen LogP contribution >= 0.6 is 12.2 Å². The van der Waals surface area contributed by atoms with Gasteiger partial charge in [-0.2, -0.15) is 10.2 Å². The van der Waals surface area contributed by atoms with Crippen LogP contribution in [-0.4, -0.2) is 38.3 Å². The Morgan fingerprint density at radius 1 is 1.42 bits per heavy atom. The highest BCUT2D eigenvalue weighted by molar-refractivity contribution is 7.71. The number of nitrogens with zero attached hydrogens (tertiary/aromatic N) is 4. The van der Waals surface area contributed by atoms with Gasteiger partial charge < -0.3 is 9.30 Å². The highest BCUT2D eigenvalue weighted by Crippen LogP contribution is 2.03. The number of ether oxygens (including phenoxy) is 1. The van der Waals surface area contributed by atoms with Crippen LogP contribution in [0.4, 0.5) is 0 Å². The number of aryl methyl sites for hydroxylation is 3. The Hall–Kier alpha value is -1.47. The van der Waals surface area contributed by atoms with E-state index < -0.39 is 0 Å². The summed E-state index contributed by atoms with van der Waals surface area (Å²) < 4.78 is 9.68. The molecular weight excluding hydrogens is 262 g/mol. The first kappa shape index (κ1) is 14.0. The molecule has 0 aromatic carbocycles. The van der Waals surface area contributed by atoms with E-state index in [1.807, 2.05) is 28.6 Å². The maximum Gasteiger partial charge on any atom is 0.195 e. The fourth-order valence-corrected chi connectivity index (χ4v) is 2.18. The van der Waals surface area contributed by atoms with E-state index in [-0.39, 0.29) is 0 Å². The van der Waals surface area contributed by atoms with E-state index in [0.717, 1.165) is 38.4 Å². The van der Waals surface area contributed by atoms with Gasteiger partial charge in [-0.25, -0.2) is 0 Å². The van der Waals surface area contributed by atoms with E-state index in [4.69, 9.17) is 17.0 Å². The van der Waals surface area contributed by atoms with Crippen LogP contribution in [0.2, 0.25) is 0 Å². The van der Waals surface area contributed by atoms with Crippen LogP contribution in [-0.2, 0) is 24.2 Å². The topological polar surface area (TPSA) is 60.7 Å². The SMILES string of the molecule is COCCCn1c(CCn2cc(C)cn2)n[nH]c1=S. The molecule has 0 amide bonds. The predicted octanol–water partition coefficient (Wildman–Crippen LogP) is 1.72. The molecule has 0 saturated carbocycles. The lowest BCUT2D eigenvalue weighted by molar-refractivity contribution is 0.190. The van der Waals surface area contributed by atoms with Gasteiger partial charge in [0, 0.05) is 39.4 Å². The Balaban J connectivity index is 1.98. The fourth-order valence-electron chi connectivity index (χ4n) is 1.94. The monoisotopic (exact) mass is 281 g/mol. The van der Waals surface area contributed by atoms with Gasteiger partial charge in [0.15, 0.2) is 4.77 Å². The van der Waals surface area contributed by atoms with Crippen LogP contribution in [0.25, 0.3) is 0 Å². The summed E-state index contributed by atoms with van der Waals surface area (Å²) in [7, 11) is 1.70. The molecule has 2 heterocycles. The molecule has 2 aromatic heterocycles. The summed E-state index contributed by atoms with van der Waals surface area (Å²) in [4.78, 5) is 0. The van der Waals surface area contributed by atoms with E-state index in [1.54, 1.807) is 7.11 Å². The maximum atomic E-state index is 5.24. The molecule has 0 saturated heterocycles. The number of rotatable bonds is 7. The number of aromatic nitrogens is 5. The molecule has 0 aliphatic carbocycles. The van der Waals surface area contributed by atoms with Crippen molar-refractivity contribution < 1.29 is 4.74 Å². The van der Waals surface area contributed by atoms with Crippen LogP contribution < -0.4 is 0 Å². The number of aromatic amines is 1. The second kappa shape index (κ2) is 6.63. The Labute approximate surface area is 117 Å². The largest absolute Gasteiger partial charge is 0.385 e. The van der Waals surface area contributed by atoms with Gasteiger partial charge in [0.1, 0.15) is 5.82 Å². The van der Waals surface area contributed by atoms with Crippen molar-refractivity contribution in [1.82, 2.24) is 24.5 Å². The second-order valence-corrected chi connectivity index (χ2v) is 4.86. The third-order valence-corrected chi connectivity index (χ3v) is 3.21. The van der Waals surface area contributed by atoms with E-state index in [1.165, 1.54) is 5.56 Å². The number of hydrogen-bond acceptors (Lipinski definition) is 4. The Bertz CT molecular complexity index is 571. The van der Waals surface area contributed by atoms with Gasteiger partial charge in [0.05, 0.1) is 6.20 Å². The Morgan fingerprint density at radius 3 is 2.95 bits per heavy atom. The zero-order valence-corrected chi connectivity index (χ0v) is 12.1. The second-order valence-electron chi connectivity index (χ2n) is 4.47. The van der Waals surface area contributed by atoms with Crippen LogP contribution in [0.3, 0.4) is 0 Å². The normalized spacial score (nSPS) is 11.1. The number of hydrogen-bond donors (Lipinski definition) is 1. The van der Waals surface area contributed by atoms with Gasteiger partial charge in [-0.15, -0.1) is 0 Å². The molecule has 19 heavy (non-hydrogen) atoms. The molecule has 2 rings (SSSR count). The number of nitrogens with one attached hydrogen (secondary N) is 1. The minimum absolute atomic E-state index is 0.669. The van der Waals surface area contributed by atoms with Gasteiger partial charge in [0.2, 0.25) is 0 Å². The summed E-state index contributed by atoms with van der Waals surface area (Å²) in [6, 6.07) is 0.